The summed E-state index contributed by atoms with van der Waals surface area (Å²) in [5, 5.41) is 14.7. The van der Waals surface area contributed by atoms with Gasteiger partial charge in [-0.3, -0.25) is 4.79 Å². The van der Waals surface area contributed by atoms with E-state index in [1.807, 2.05) is 24.4 Å². The first-order chi connectivity index (χ1) is 9.61. The molecule has 2 N–H and O–H groups in total. The smallest absolute Gasteiger partial charge is 0.326 e. The number of nitrogens with one attached hydrogen (secondary N) is 1. The van der Waals surface area contributed by atoms with Gasteiger partial charge in [0.1, 0.15) is 6.04 Å². The summed E-state index contributed by atoms with van der Waals surface area (Å²) in [5.41, 5.74) is 0.499. The van der Waals surface area contributed by atoms with Gasteiger partial charge in [-0.1, -0.05) is 19.8 Å². The summed E-state index contributed by atoms with van der Waals surface area (Å²) in [6, 6.07) is 6.53. The SMILES string of the molecule is CCCCC(NC(=O)c1ccc2sccc2c1)C(=O)O. The maximum absolute atomic E-state index is 12.1. The number of hydrogen-bond donors (Lipinski definition) is 2. The molecule has 0 spiro atoms. The zero-order chi connectivity index (χ0) is 14.5. The fourth-order valence-corrected chi connectivity index (χ4v) is 2.79. The minimum atomic E-state index is -0.983. The van der Waals surface area contributed by atoms with Gasteiger partial charge in [0.05, 0.1) is 0 Å². The average Bonchev–Trinajstić information content (AvgIpc) is 2.90. The molecule has 0 saturated carbocycles. The summed E-state index contributed by atoms with van der Waals surface area (Å²) in [6.07, 6.45) is 2.14. The number of benzene rings is 1. The molecule has 0 aliphatic carbocycles. The maximum atomic E-state index is 12.1. The molecule has 20 heavy (non-hydrogen) atoms. The predicted molar refractivity (Wildman–Crippen MR) is 80.2 cm³/mol. The molecule has 0 aliphatic heterocycles. The van der Waals surface area contributed by atoms with Crippen molar-refractivity contribution in [2.75, 3.05) is 0 Å². The fourth-order valence-electron chi connectivity index (χ4n) is 2.02. The van der Waals surface area contributed by atoms with Crippen molar-refractivity contribution in [3.63, 3.8) is 0 Å². The van der Waals surface area contributed by atoms with Crippen LogP contribution in [0.3, 0.4) is 0 Å². The molecule has 1 atom stereocenters. The van der Waals surface area contributed by atoms with E-state index in [9.17, 15) is 9.59 Å². The Morgan fingerprint density at radius 1 is 1.35 bits per heavy atom. The molecule has 0 aliphatic rings. The maximum Gasteiger partial charge on any atom is 0.326 e. The molecule has 0 bridgehead atoms. The highest BCUT2D eigenvalue weighted by Gasteiger charge is 2.20. The second kappa shape index (κ2) is 6.52. The average molecular weight is 291 g/mol. The van der Waals surface area contributed by atoms with Gasteiger partial charge < -0.3 is 10.4 Å². The van der Waals surface area contributed by atoms with E-state index < -0.39 is 12.0 Å². The Morgan fingerprint density at radius 2 is 2.15 bits per heavy atom. The van der Waals surface area contributed by atoms with Crippen molar-refractivity contribution in [1.29, 1.82) is 0 Å². The van der Waals surface area contributed by atoms with Crippen molar-refractivity contribution < 1.29 is 14.7 Å². The van der Waals surface area contributed by atoms with Crippen LogP contribution in [0.5, 0.6) is 0 Å². The molecule has 1 amide bonds. The van der Waals surface area contributed by atoms with Gasteiger partial charge in [0.25, 0.3) is 5.91 Å². The summed E-state index contributed by atoms with van der Waals surface area (Å²) in [7, 11) is 0. The highest BCUT2D eigenvalue weighted by atomic mass is 32.1. The number of hydrogen-bond acceptors (Lipinski definition) is 3. The molecular formula is C15H17NO3S. The molecule has 2 aromatic rings. The summed E-state index contributed by atoms with van der Waals surface area (Å²) >= 11 is 1.61. The third-order valence-corrected chi connectivity index (χ3v) is 4.06. The fraction of sp³-hybridized carbons (Fsp3) is 0.333. The highest BCUT2D eigenvalue weighted by Crippen LogP contribution is 2.21. The lowest BCUT2D eigenvalue weighted by atomic mass is 10.1. The zero-order valence-electron chi connectivity index (χ0n) is 11.3. The number of carboxylic acids is 1. The lowest BCUT2D eigenvalue weighted by molar-refractivity contribution is -0.139. The van der Waals surface area contributed by atoms with Crippen molar-refractivity contribution in [1.82, 2.24) is 5.32 Å². The van der Waals surface area contributed by atoms with Gasteiger partial charge in [0, 0.05) is 10.3 Å². The van der Waals surface area contributed by atoms with Crippen molar-refractivity contribution in [3.8, 4) is 0 Å². The van der Waals surface area contributed by atoms with Crippen molar-refractivity contribution in [2.24, 2.45) is 0 Å². The van der Waals surface area contributed by atoms with E-state index in [1.54, 1.807) is 23.5 Å². The molecule has 1 aromatic carbocycles. The lowest BCUT2D eigenvalue weighted by Crippen LogP contribution is -2.40. The van der Waals surface area contributed by atoms with Gasteiger partial charge in [0.15, 0.2) is 0 Å². The predicted octanol–water partition coefficient (Wildman–Crippen LogP) is 3.27. The van der Waals surface area contributed by atoms with Crippen LogP contribution in [-0.4, -0.2) is 23.0 Å². The number of carbonyl (C=O) groups excluding carboxylic acids is 1. The second-order valence-electron chi connectivity index (χ2n) is 4.68. The molecule has 4 nitrogen and oxygen atoms in total. The van der Waals surface area contributed by atoms with Crippen LogP contribution in [0.15, 0.2) is 29.6 Å². The molecule has 1 heterocycles. The molecule has 5 heteroatoms. The standard InChI is InChI=1S/C15H17NO3S/c1-2-3-4-12(15(18)19)16-14(17)11-5-6-13-10(9-11)7-8-20-13/h5-9,12H,2-4H2,1H3,(H,16,17)(H,18,19). The number of fused-ring (bicyclic) bond motifs is 1. The van der Waals surface area contributed by atoms with E-state index in [2.05, 4.69) is 5.32 Å². The second-order valence-corrected chi connectivity index (χ2v) is 5.63. The Hall–Kier alpha value is -1.88. The van der Waals surface area contributed by atoms with Crippen LogP contribution in [-0.2, 0) is 4.79 Å². The van der Waals surface area contributed by atoms with E-state index in [-0.39, 0.29) is 5.91 Å². The minimum absolute atomic E-state index is 0.332. The van der Waals surface area contributed by atoms with Crippen LogP contribution in [0, 0.1) is 0 Å². The molecule has 0 saturated heterocycles. The minimum Gasteiger partial charge on any atom is -0.480 e. The van der Waals surface area contributed by atoms with Crippen LogP contribution in [0.25, 0.3) is 10.1 Å². The number of rotatable bonds is 6. The molecule has 2 rings (SSSR count). The largest absolute Gasteiger partial charge is 0.480 e. The Bertz CT molecular complexity index is 620. The molecule has 0 radical (unpaired) electrons. The number of unbranched alkanes of at least 4 members (excludes halogenated alkanes) is 1. The molecule has 1 aromatic heterocycles. The molecular weight excluding hydrogens is 274 g/mol. The van der Waals surface area contributed by atoms with Crippen LogP contribution >= 0.6 is 11.3 Å². The van der Waals surface area contributed by atoms with Crippen molar-refractivity contribution in [3.05, 3.63) is 35.2 Å². The number of aliphatic carboxylic acids is 1. The van der Waals surface area contributed by atoms with Crippen LogP contribution in [0.4, 0.5) is 0 Å². The first kappa shape index (κ1) is 14.5. The Balaban J connectivity index is 2.10. The molecule has 0 fully saturated rings. The van der Waals surface area contributed by atoms with E-state index in [1.165, 1.54) is 0 Å². The van der Waals surface area contributed by atoms with E-state index >= 15 is 0 Å². The molecule has 106 valence electrons. The van der Waals surface area contributed by atoms with Gasteiger partial charge in [0.2, 0.25) is 0 Å². The van der Waals surface area contributed by atoms with E-state index in [0.29, 0.717) is 12.0 Å². The van der Waals surface area contributed by atoms with Gasteiger partial charge in [-0.15, -0.1) is 11.3 Å². The topological polar surface area (TPSA) is 66.4 Å². The number of carbonyl (C=O) groups is 2. The Labute approximate surface area is 121 Å². The molecule has 1 unspecified atom stereocenters. The first-order valence-electron chi connectivity index (χ1n) is 6.62. The summed E-state index contributed by atoms with van der Waals surface area (Å²) < 4.78 is 1.11. The van der Waals surface area contributed by atoms with Gasteiger partial charge in [-0.05, 0) is 41.5 Å². The van der Waals surface area contributed by atoms with E-state index in [4.69, 9.17) is 5.11 Å². The third-order valence-electron chi connectivity index (χ3n) is 3.16. The first-order valence-corrected chi connectivity index (χ1v) is 7.50. The Morgan fingerprint density at radius 3 is 2.85 bits per heavy atom. The lowest BCUT2D eigenvalue weighted by Gasteiger charge is -2.14. The highest BCUT2D eigenvalue weighted by molar-refractivity contribution is 7.17. The summed E-state index contributed by atoms with van der Waals surface area (Å²) in [6.45, 7) is 1.99. The van der Waals surface area contributed by atoms with Gasteiger partial charge in [-0.25, -0.2) is 4.79 Å². The normalized spacial score (nSPS) is 12.2. The third kappa shape index (κ3) is 3.36. The van der Waals surface area contributed by atoms with Gasteiger partial charge >= 0.3 is 5.97 Å². The van der Waals surface area contributed by atoms with Gasteiger partial charge in [-0.2, -0.15) is 0 Å². The van der Waals surface area contributed by atoms with Crippen LogP contribution in [0.2, 0.25) is 0 Å². The quantitative estimate of drug-likeness (QED) is 0.858. The van der Waals surface area contributed by atoms with E-state index in [0.717, 1.165) is 22.9 Å². The van der Waals surface area contributed by atoms with Crippen LogP contribution < -0.4 is 5.32 Å². The summed E-state index contributed by atoms with van der Waals surface area (Å²) in [5.74, 6) is -1.31. The number of amides is 1. The van der Waals surface area contributed by atoms with Crippen molar-refractivity contribution in [2.45, 2.75) is 32.2 Å². The van der Waals surface area contributed by atoms with Crippen LogP contribution in [0.1, 0.15) is 36.5 Å². The summed E-state index contributed by atoms with van der Waals surface area (Å²) in [4.78, 5) is 23.2. The number of thiophene rings is 1. The monoisotopic (exact) mass is 291 g/mol. The zero-order valence-corrected chi connectivity index (χ0v) is 12.1. The van der Waals surface area contributed by atoms with Crippen molar-refractivity contribution >= 4 is 33.3 Å². The Kier molecular flexibility index (Phi) is 4.74. The number of carboxylic acid groups (broad SMARTS) is 1.